The lowest BCUT2D eigenvalue weighted by Gasteiger charge is -2.21. The van der Waals surface area contributed by atoms with E-state index in [2.05, 4.69) is 35.5 Å². The Labute approximate surface area is 224 Å². The molecule has 0 unspecified atom stereocenters. The van der Waals surface area contributed by atoms with Gasteiger partial charge in [-0.2, -0.15) is 0 Å². The zero-order chi connectivity index (χ0) is 28.0. The van der Waals surface area contributed by atoms with Crippen LogP contribution in [-0.2, 0) is 0 Å². The Kier molecular flexibility index (Phi) is 6.29. The van der Waals surface area contributed by atoms with Crippen molar-refractivity contribution in [3.05, 3.63) is 96.1 Å². The number of rotatable bonds is 6. The molecule has 2 aromatic carbocycles. The molecular weight excluding hydrogens is 524 g/mol. The first kappa shape index (κ1) is 25.3. The van der Waals surface area contributed by atoms with E-state index >= 15 is 0 Å². The first-order chi connectivity index (χ1) is 19.3. The van der Waals surface area contributed by atoms with Gasteiger partial charge in [-0.15, -0.1) is 10.2 Å². The number of nitrogens with one attached hydrogen (secondary N) is 1. The summed E-state index contributed by atoms with van der Waals surface area (Å²) < 4.78 is 57.4. The van der Waals surface area contributed by atoms with E-state index in [4.69, 9.17) is 0 Å². The van der Waals surface area contributed by atoms with Crippen molar-refractivity contribution in [1.29, 1.82) is 0 Å². The molecule has 0 aliphatic carbocycles. The molecule has 0 bridgehead atoms. The van der Waals surface area contributed by atoms with Crippen molar-refractivity contribution < 1.29 is 17.6 Å². The lowest BCUT2D eigenvalue weighted by Crippen LogP contribution is -2.10. The molecule has 0 fully saturated rings. The van der Waals surface area contributed by atoms with E-state index in [1.54, 1.807) is 43.0 Å². The third kappa shape index (κ3) is 4.57. The molecule has 0 amide bonds. The highest BCUT2D eigenvalue weighted by molar-refractivity contribution is 5.99. The number of benzene rings is 2. The molecule has 6 rings (SSSR count). The summed E-state index contributed by atoms with van der Waals surface area (Å²) in [4.78, 5) is 17.3. The second-order valence-electron chi connectivity index (χ2n) is 9.22. The number of hydrogen-bond acceptors (Lipinski definition) is 7. The van der Waals surface area contributed by atoms with E-state index in [-0.39, 0.29) is 5.69 Å². The third-order valence-electron chi connectivity index (χ3n) is 6.58. The minimum absolute atomic E-state index is 0.0502. The van der Waals surface area contributed by atoms with Gasteiger partial charge in [-0.25, -0.2) is 37.5 Å². The summed E-state index contributed by atoms with van der Waals surface area (Å²) >= 11 is 0. The predicted molar refractivity (Wildman–Crippen MR) is 141 cm³/mol. The molecule has 40 heavy (non-hydrogen) atoms. The average molecular weight is 545 g/mol. The van der Waals surface area contributed by atoms with E-state index < -0.39 is 29.7 Å². The molecule has 0 spiro atoms. The maximum atomic E-state index is 14.9. The first-order valence-corrected chi connectivity index (χ1v) is 12.2. The lowest BCUT2D eigenvalue weighted by molar-refractivity contribution is 0.151. The number of pyridine rings is 1. The summed E-state index contributed by atoms with van der Waals surface area (Å²) in [5.74, 6) is -0.228. The van der Waals surface area contributed by atoms with Gasteiger partial charge in [0.05, 0.1) is 11.3 Å². The molecule has 6 aromatic rings. The molecule has 1 atom stereocenters. The highest BCUT2D eigenvalue weighted by atomic mass is 19.3. The summed E-state index contributed by atoms with van der Waals surface area (Å²) in [6.07, 6.45) is 5.17. The SMILES string of the molecule is Cc1ncc(-c2ncc(-c3cc4c([C@@H](C)Nc5ccc(F)cc5C(F)F)cc(F)cc4c4nncn34)cn2)cn1. The van der Waals surface area contributed by atoms with Crippen LogP contribution in [0.2, 0.25) is 0 Å². The van der Waals surface area contributed by atoms with Crippen molar-refractivity contribution >= 4 is 22.1 Å². The molecule has 0 aliphatic rings. The summed E-state index contributed by atoms with van der Waals surface area (Å²) in [7, 11) is 0. The lowest BCUT2D eigenvalue weighted by atomic mass is 9.98. The zero-order valence-electron chi connectivity index (χ0n) is 21.1. The van der Waals surface area contributed by atoms with Crippen LogP contribution in [0.4, 0.5) is 23.2 Å². The number of halogens is 4. The van der Waals surface area contributed by atoms with Crippen LogP contribution in [0.3, 0.4) is 0 Å². The molecule has 200 valence electrons. The van der Waals surface area contributed by atoms with Crippen molar-refractivity contribution in [2.45, 2.75) is 26.3 Å². The summed E-state index contributed by atoms with van der Waals surface area (Å²) in [6, 6.07) is 6.99. The number of aryl methyl sites for hydroxylation is 1. The zero-order valence-corrected chi connectivity index (χ0v) is 21.1. The highest BCUT2D eigenvalue weighted by Gasteiger charge is 2.20. The van der Waals surface area contributed by atoms with Crippen LogP contribution in [0.25, 0.3) is 39.1 Å². The number of alkyl halides is 2. The van der Waals surface area contributed by atoms with E-state index in [0.717, 1.165) is 12.1 Å². The molecule has 0 saturated carbocycles. The maximum absolute atomic E-state index is 14.9. The minimum atomic E-state index is -2.90. The largest absolute Gasteiger partial charge is 0.378 e. The quantitative estimate of drug-likeness (QED) is 0.240. The van der Waals surface area contributed by atoms with E-state index in [1.165, 1.54) is 24.5 Å². The monoisotopic (exact) mass is 544 g/mol. The van der Waals surface area contributed by atoms with Gasteiger partial charge in [0, 0.05) is 53.0 Å². The van der Waals surface area contributed by atoms with Crippen LogP contribution >= 0.6 is 0 Å². The van der Waals surface area contributed by atoms with Gasteiger partial charge in [-0.1, -0.05) is 0 Å². The van der Waals surface area contributed by atoms with Crippen LogP contribution in [0, 0.1) is 18.6 Å². The Morgan fingerprint density at radius 2 is 1.50 bits per heavy atom. The molecule has 4 heterocycles. The molecule has 8 nitrogen and oxygen atoms in total. The fourth-order valence-corrected chi connectivity index (χ4v) is 4.64. The Balaban J connectivity index is 1.46. The van der Waals surface area contributed by atoms with Crippen molar-refractivity contribution in [2.75, 3.05) is 5.32 Å². The van der Waals surface area contributed by atoms with Crippen molar-refractivity contribution in [1.82, 2.24) is 34.5 Å². The van der Waals surface area contributed by atoms with Crippen LogP contribution in [-0.4, -0.2) is 34.5 Å². The highest BCUT2D eigenvalue weighted by Crippen LogP contribution is 2.36. The van der Waals surface area contributed by atoms with E-state index in [9.17, 15) is 17.6 Å². The average Bonchev–Trinajstić information content (AvgIpc) is 3.44. The van der Waals surface area contributed by atoms with Crippen LogP contribution < -0.4 is 5.32 Å². The normalized spacial score (nSPS) is 12.4. The maximum Gasteiger partial charge on any atom is 0.265 e. The number of fused-ring (bicyclic) bond motifs is 3. The fraction of sp³-hybridized carbons (Fsp3) is 0.143. The van der Waals surface area contributed by atoms with Gasteiger partial charge >= 0.3 is 0 Å². The van der Waals surface area contributed by atoms with Crippen LogP contribution in [0.5, 0.6) is 0 Å². The van der Waals surface area contributed by atoms with E-state index in [1.807, 2.05) is 6.07 Å². The van der Waals surface area contributed by atoms with Gasteiger partial charge in [0.2, 0.25) is 0 Å². The van der Waals surface area contributed by atoms with Gasteiger partial charge in [-0.05, 0) is 61.2 Å². The van der Waals surface area contributed by atoms with Gasteiger partial charge in [0.1, 0.15) is 23.8 Å². The topological polar surface area (TPSA) is 93.8 Å². The van der Waals surface area contributed by atoms with Gasteiger partial charge in [0.25, 0.3) is 6.43 Å². The summed E-state index contributed by atoms with van der Waals surface area (Å²) in [5, 5.41) is 12.3. The smallest absolute Gasteiger partial charge is 0.265 e. The number of anilines is 1. The van der Waals surface area contributed by atoms with Crippen molar-refractivity contribution in [2.24, 2.45) is 0 Å². The first-order valence-electron chi connectivity index (χ1n) is 12.2. The number of hydrogen-bond donors (Lipinski definition) is 1. The van der Waals surface area contributed by atoms with Crippen molar-refractivity contribution in [3.8, 4) is 22.6 Å². The molecule has 0 radical (unpaired) electrons. The molecule has 12 heteroatoms. The summed E-state index contributed by atoms with van der Waals surface area (Å²) in [6.45, 7) is 3.49. The van der Waals surface area contributed by atoms with Crippen LogP contribution in [0.15, 0.2) is 67.5 Å². The second kappa shape index (κ2) is 9.95. The van der Waals surface area contributed by atoms with Gasteiger partial charge in [0.15, 0.2) is 11.5 Å². The predicted octanol–water partition coefficient (Wildman–Crippen LogP) is 6.49. The number of nitrogens with zero attached hydrogens (tertiary/aromatic N) is 7. The molecular formula is C28H20F4N8. The number of aromatic nitrogens is 7. The Morgan fingerprint density at radius 3 is 2.23 bits per heavy atom. The Bertz CT molecular complexity index is 1850. The molecule has 0 saturated heterocycles. The van der Waals surface area contributed by atoms with Crippen molar-refractivity contribution in [3.63, 3.8) is 0 Å². The minimum Gasteiger partial charge on any atom is -0.378 e. The van der Waals surface area contributed by atoms with Crippen LogP contribution in [0.1, 0.15) is 36.3 Å². The molecule has 1 N–H and O–H groups in total. The Hall–Kier alpha value is -5.00. The Morgan fingerprint density at radius 1 is 0.800 bits per heavy atom. The third-order valence-corrected chi connectivity index (χ3v) is 6.58. The molecule has 4 aromatic heterocycles. The van der Waals surface area contributed by atoms with E-state index in [0.29, 0.717) is 50.5 Å². The summed E-state index contributed by atoms with van der Waals surface area (Å²) in [5.41, 5.74) is 2.38. The van der Waals surface area contributed by atoms with Gasteiger partial charge in [-0.3, -0.25) is 4.40 Å². The second-order valence-corrected chi connectivity index (χ2v) is 9.22. The van der Waals surface area contributed by atoms with Gasteiger partial charge < -0.3 is 5.32 Å². The molecule has 0 aliphatic heterocycles. The standard InChI is InChI=1S/C28H20F4N8/c1-14(38-24-4-3-18(29)5-23(24)26(31)32)20-6-19(30)7-22-21(20)8-25(40-13-37-39-28(22)40)16-9-35-27(36-10-16)17-11-33-15(2)34-12-17/h3-14,26,38H,1-2H3/t14-/m1/s1. The fourth-order valence-electron chi connectivity index (χ4n) is 4.64.